The lowest BCUT2D eigenvalue weighted by molar-refractivity contribution is -0.128. The minimum atomic E-state index is -0.0909. The number of carbonyl (C=O) groups excluding carboxylic acids is 1. The number of rotatable bonds is 4. The molecule has 5 heteroatoms. The van der Waals surface area contributed by atoms with Crippen LogP contribution in [0.3, 0.4) is 0 Å². The van der Waals surface area contributed by atoms with Crippen molar-refractivity contribution < 1.29 is 4.79 Å². The third kappa shape index (κ3) is 3.65. The molecule has 1 aliphatic rings. The van der Waals surface area contributed by atoms with E-state index >= 15 is 0 Å². The van der Waals surface area contributed by atoms with E-state index in [9.17, 15) is 4.79 Å². The predicted octanol–water partition coefficient (Wildman–Crippen LogP) is 2.44. The summed E-state index contributed by atoms with van der Waals surface area (Å²) in [4.78, 5) is 14.5. The van der Waals surface area contributed by atoms with Gasteiger partial charge < -0.3 is 11.1 Å². The van der Waals surface area contributed by atoms with Crippen LogP contribution in [0.5, 0.6) is 0 Å². The van der Waals surface area contributed by atoms with E-state index in [-0.39, 0.29) is 24.0 Å². The van der Waals surface area contributed by atoms with E-state index < -0.39 is 0 Å². The highest BCUT2D eigenvalue weighted by Crippen LogP contribution is 2.34. The van der Waals surface area contributed by atoms with Gasteiger partial charge in [0, 0.05) is 17.6 Å². The highest BCUT2D eigenvalue weighted by atomic mass is 79.9. The highest BCUT2D eigenvalue weighted by molar-refractivity contribution is 9.10. The maximum atomic E-state index is 12.2. The third-order valence-corrected chi connectivity index (χ3v) is 4.89. The number of piperidine rings is 1. The number of nitrogens with zero attached hydrogens (tertiary/aromatic N) is 1. The summed E-state index contributed by atoms with van der Waals surface area (Å²) in [5.74, 6) is 0.0902. The van der Waals surface area contributed by atoms with Crippen molar-refractivity contribution in [1.82, 2.24) is 10.2 Å². The Morgan fingerprint density at radius 1 is 1.43 bits per heavy atom. The van der Waals surface area contributed by atoms with Gasteiger partial charge in [-0.2, -0.15) is 0 Å². The molecular weight excluding hydrogens is 330 g/mol. The number of hydrogen-bond acceptors (Lipinski definition) is 3. The van der Waals surface area contributed by atoms with Crippen LogP contribution in [0.15, 0.2) is 28.7 Å². The second kappa shape index (κ2) is 7.38. The van der Waals surface area contributed by atoms with Gasteiger partial charge in [0.15, 0.2) is 0 Å². The lowest BCUT2D eigenvalue weighted by Gasteiger charge is -2.42. The maximum Gasteiger partial charge on any atom is 0.237 e. The zero-order valence-electron chi connectivity index (χ0n) is 12.7. The summed E-state index contributed by atoms with van der Waals surface area (Å²) < 4.78 is 1.05. The lowest BCUT2D eigenvalue weighted by atomic mass is 9.92. The van der Waals surface area contributed by atoms with Gasteiger partial charge in [0.1, 0.15) is 0 Å². The van der Waals surface area contributed by atoms with Gasteiger partial charge in [-0.15, -0.1) is 0 Å². The Morgan fingerprint density at radius 3 is 2.76 bits per heavy atom. The zero-order chi connectivity index (χ0) is 15.4. The van der Waals surface area contributed by atoms with Crippen LogP contribution < -0.4 is 11.1 Å². The first kappa shape index (κ1) is 16.5. The normalized spacial score (nSPS) is 22.6. The number of likely N-dealkylation sites (tertiary alicyclic amines) is 1. The molecule has 0 radical (unpaired) electrons. The Morgan fingerprint density at radius 2 is 2.14 bits per heavy atom. The summed E-state index contributed by atoms with van der Waals surface area (Å²) in [7, 11) is 1.70. The third-order valence-electron chi connectivity index (χ3n) is 4.17. The standard InChI is InChI=1S/C16H24BrN3O/c1-11(18)15(12-7-3-4-8-13(12)17)20-10-6-5-9-14(20)16(21)19-2/h3-4,7-8,11,14-15H,5-6,9-10,18H2,1-2H3,(H,19,21). The van der Waals surface area contributed by atoms with Crippen LogP contribution in [-0.2, 0) is 4.79 Å². The molecule has 0 spiro atoms. The van der Waals surface area contributed by atoms with Gasteiger partial charge in [-0.05, 0) is 37.9 Å². The van der Waals surface area contributed by atoms with Crippen molar-refractivity contribution in [3.63, 3.8) is 0 Å². The molecule has 1 saturated heterocycles. The molecule has 1 amide bonds. The molecule has 0 bridgehead atoms. The van der Waals surface area contributed by atoms with Crippen molar-refractivity contribution in [2.45, 2.75) is 44.3 Å². The molecule has 1 aliphatic heterocycles. The minimum absolute atomic E-state index is 0.0446. The van der Waals surface area contributed by atoms with E-state index in [4.69, 9.17) is 5.73 Å². The molecule has 1 fully saturated rings. The molecule has 116 valence electrons. The van der Waals surface area contributed by atoms with Crippen LogP contribution in [-0.4, -0.2) is 36.5 Å². The molecule has 0 saturated carbocycles. The molecule has 1 aromatic carbocycles. The van der Waals surface area contributed by atoms with Gasteiger partial charge in [-0.1, -0.05) is 40.5 Å². The first-order chi connectivity index (χ1) is 10.1. The second-order valence-electron chi connectivity index (χ2n) is 5.69. The number of hydrogen-bond donors (Lipinski definition) is 2. The maximum absolute atomic E-state index is 12.2. The Balaban J connectivity index is 2.36. The van der Waals surface area contributed by atoms with Crippen molar-refractivity contribution in [2.24, 2.45) is 5.73 Å². The van der Waals surface area contributed by atoms with Crippen molar-refractivity contribution in [2.75, 3.05) is 13.6 Å². The van der Waals surface area contributed by atoms with Crippen molar-refractivity contribution >= 4 is 21.8 Å². The molecule has 2 rings (SSSR count). The SMILES string of the molecule is CNC(=O)C1CCCCN1C(c1ccccc1Br)C(C)N. The molecule has 3 atom stereocenters. The molecule has 4 nitrogen and oxygen atoms in total. The fraction of sp³-hybridized carbons (Fsp3) is 0.562. The number of likely N-dealkylation sites (N-methyl/N-ethyl adjacent to an activating group) is 1. The number of nitrogens with two attached hydrogens (primary N) is 1. The average Bonchev–Trinajstić information content (AvgIpc) is 2.49. The van der Waals surface area contributed by atoms with Gasteiger partial charge in [-0.3, -0.25) is 9.69 Å². The Kier molecular flexibility index (Phi) is 5.79. The molecule has 0 aliphatic carbocycles. The monoisotopic (exact) mass is 353 g/mol. The van der Waals surface area contributed by atoms with Crippen LogP contribution >= 0.6 is 15.9 Å². The topological polar surface area (TPSA) is 58.4 Å². The van der Waals surface area contributed by atoms with E-state index in [1.165, 1.54) is 0 Å². The number of nitrogens with one attached hydrogen (secondary N) is 1. The van der Waals surface area contributed by atoms with Gasteiger partial charge in [0.25, 0.3) is 0 Å². The fourth-order valence-electron chi connectivity index (χ4n) is 3.21. The van der Waals surface area contributed by atoms with Crippen LogP contribution in [0, 0.1) is 0 Å². The van der Waals surface area contributed by atoms with Crippen LogP contribution in [0.4, 0.5) is 0 Å². The minimum Gasteiger partial charge on any atom is -0.358 e. The van der Waals surface area contributed by atoms with E-state index in [1.54, 1.807) is 7.05 Å². The summed E-state index contributed by atoms with van der Waals surface area (Å²) >= 11 is 3.62. The molecule has 3 N–H and O–H groups in total. The molecule has 1 aromatic rings. The summed E-state index contributed by atoms with van der Waals surface area (Å²) in [6.45, 7) is 2.92. The van der Waals surface area contributed by atoms with Crippen LogP contribution in [0.25, 0.3) is 0 Å². The predicted molar refractivity (Wildman–Crippen MR) is 88.9 cm³/mol. The largest absolute Gasteiger partial charge is 0.358 e. The van der Waals surface area contributed by atoms with Gasteiger partial charge >= 0.3 is 0 Å². The lowest BCUT2D eigenvalue weighted by Crippen LogP contribution is -2.53. The Hall–Kier alpha value is -0.910. The smallest absolute Gasteiger partial charge is 0.237 e. The van der Waals surface area contributed by atoms with Gasteiger partial charge in [-0.25, -0.2) is 0 Å². The van der Waals surface area contributed by atoms with E-state index in [0.29, 0.717) is 0 Å². The highest BCUT2D eigenvalue weighted by Gasteiger charge is 2.36. The first-order valence-corrected chi connectivity index (χ1v) is 8.33. The summed E-state index contributed by atoms with van der Waals surface area (Å²) in [5.41, 5.74) is 7.43. The Labute approximate surface area is 135 Å². The summed E-state index contributed by atoms with van der Waals surface area (Å²) in [6, 6.07) is 8.05. The zero-order valence-corrected chi connectivity index (χ0v) is 14.3. The molecular formula is C16H24BrN3O. The number of benzene rings is 1. The van der Waals surface area contributed by atoms with Crippen molar-refractivity contribution in [3.05, 3.63) is 34.3 Å². The quantitative estimate of drug-likeness (QED) is 0.873. The number of halogens is 1. The van der Waals surface area contributed by atoms with Crippen molar-refractivity contribution in [1.29, 1.82) is 0 Å². The van der Waals surface area contributed by atoms with Crippen LogP contribution in [0.2, 0.25) is 0 Å². The molecule has 0 aromatic heterocycles. The summed E-state index contributed by atoms with van der Waals surface area (Å²) in [6.07, 6.45) is 3.10. The van der Waals surface area contributed by atoms with E-state index in [2.05, 4.69) is 32.2 Å². The van der Waals surface area contributed by atoms with E-state index in [1.807, 2.05) is 25.1 Å². The number of carbonyl (C=O) groups is 1. The second-order valence-corrected chi connectivity index (χ2v) is 6.54. The van der Waals surface area contributed by atoms with Gasteiger partial charge in [0.2, 0.25) is 5.91 Å². The molecule has 3 unspecified atom stereocenters. The number of amides is 1. The molecule has 21 heavy (non-hydrogen) atoms. The van der Waals surface area contributed by atoms with E-state index in [0.717, 1.165) is 35.8 Å². The summed E-state index contributed by atoms with van der Waals surface area (Å²) in [5, 5.41) is 2.79. The van der Waals surface area contributed by atoms with Crippen molar-refractivity contribution in [3.8, 4) is 0 Å². The van der Waals surface area contributed by atoms with Gasteiger partial charge in [0.05, 0.1) is 12.1 Å². The molecule has 1 heterocycles. The average molecular weight is 354 g/mol. The van der Waals surface area contributed by atoms with Crippen LogP contribution in [0.1, 0.15) is 37.8 Å². The first-order valence-electron chi connectivity index (χ1n) is 7.53. The Bertz CT molecular complexity index is 492. The fourth-order valence-corrected chi connectivity index (χ4v) is 3.73.